The summed E-state index contributed by atoms with van der Waals surface area (Å²) in [5.74, 6) is -0.919. The van der Waals surface area contributed by atoms with Crippen LogP contribution in [0.2, 0.25) is 0 Å². The highest BCUT2D eigenvalue weighted by Gasteiger charge is 2.36. The van der Waals surface area contributed by atoms with E-state index in [4.69, 9.17) is 5.11 Å². The van der Waals surface area contributed by atoms with E-state index in [1.807, 2.05) is 6.07 Å². The molecule has 0 aromatic heterocycles. The van der Waals surface area contributed by atoms with Crippen molar-refractivity contribution >= 4 is 5.97 Å². The molecule has 0 radical (unpaired) electrons. The van der Waals surface area contributed by atoms with Crippen LogP contribution in [0.1, 0.15) is 25.3 Å². The number of carboxylic acid groups (broad SMARTS) is 1. The van der Waals surface area contributed by atoms with Crippen LogP contribution >= 0.6 is 0 Å². The van der Waals surface area contributed by atoms with Crippen molar-refractivity contribution in [3.05, 3.63) is 35.6 Å². The second-order valence-corrected chi connectivity index (χ2v) is 5.23. The van der Waals surface area contributed by atoms with Crippen molar-refractivity contribution in [3.8, 4) is 0 Å². The largest absolute Gasteiger partial charge is 0.481 e. The van der Waals surface area contributed by atoms with E-state index in [0.29, 0.717) is 38.0 Å². The fraction of sp³-hybridized carbons (Fsp3) is 0.500. The van der Waals surface area contributed by atoms with E-state index in [1.165, 1.54) is 6.07 Å². The third-order valence-corrected chi connectivity index (χ3v) is 3.83. The monoisotopic (exact) mass is 251 g/mol. The molecule has 1 aromatic rings. The van der Waals surface area contributed by atoms with Gasteiger partial charge in [0.15, 0.2) is 0 Å². The Morgan fingerprint density at radius 3 is 2.56 bits per heavy atom. The number of carbonyl (C=O) groups is 1. The van der Waals surface area contributed by atoms with E-state index in [-0.39, 0.29) is 5.82 Å². The zero-order chi connectivity index (χ0) is 13.2. The highest BCUT2D eigenvalue weighted by molar-refractivity contribution is 5.74. The quantitative estimate of drug-likeness (QED) is 0.897. The van der Waals surface area contributed by atoms with Gasteiger partial charge in [0.25, 0.3) is 0 Å². The van der Waals surface area contributed by atoms with Gasteiger partial charge >= 0.3 is 5.97 Å². The molecule has 1 heterocycles. The first-order valence-electron chi connectivity index (χ1n) is 6.20. The number of aliphatic carboxylic acids is 1. The van der Waals surface area contributed by atoms with Crippen LogP contribution in [-0.2, 0) is 11.3 Å². The van der Waals surface area contributed by atoms with Crippen LogP contribution in [0.4, 0.5) is 4.39 Å². The van der Waals surface area contributed by atoms with E-state index in [1.54, 1.807) is 19.1 Å². The number of piperidine rings is 1. The lowest BCUT2D eigenvalue weighted by molar-refractivity contribution is -0.150. The van der Waals surface area contributed by atoms with Gasteiger partial charge in [0.2, 0.25) is 0 Å². The van der Waals surface area contributed by atoms with E-state index in [9.17, 15) is 9.18 Å². The number of hydrogen-bond acceptors (Lipinski definition) is 2. The highest BCUT2D eigenvalue weighted by atomic mass is 19.1. The van der Waals surface area contributed by atoms with Gasteiger partial charge < -0.3 is 5.11 Å². The molecule has 0 unspecified atom stereocenters. The van der Waals surface area contributed by atoms with Crippen molar-refractivity contribution in [3.63, 3.8) is 0 Å². The third kappa shape index (κ3) is 2.70. The molecule has 0 bridgehead atoms. The predicted octanol–water partition coefficient (Wildman–Crippen LogP) is 2.51. The summed E-state index contributed by atoms with van der Waals surface area (Å²) in [4.78, 5) is 13.2. The SMILES string of the molecule is CC1(C(=O)O)CCN(Cc2ccccc2F)CC1. The maximum Gasteiger partial charge on any atom is 0.309 e. The van der Waals surface area contributed by atoms with Crippen LogP contribution in [0.25, 0.3) is 0 Å². The standard InChI is InChI=1S/C14H18FNO2/c1-14(13(17)18)6-8-16(9-7-14)10-11-4-2-3-5-12(11)15/h2-5H,6-10H2,1H3,(H,17,18). The number of nitrogens with zero attached hydrogens (tertiary/aromatic N) is 1. The van der Waals surface area contributed by atoms with Gasteiger partial charge in [0, 0.05) is 12.1 Å². The lowest BCUT2D eigenvalue weighted by Gasteiger charge is -2.36. The minimum Gasteiger partial charge on any atom is -0.481 e. The average molecular weight is 251 g/mol. The minimum absolute atomic E-state index is 0.191. The molecule has 2 rings (SSSR count). The smallest absolute Gasteiger partial charge is 0.309 e. The molecule has 1 aromatic carbocycles. The van der Waals surface area contributed by atoms with Gasteiger partial charge in [-0.3, -0.25) is 9.69 Å². The summed E-state index contributed by atoms with van der Waals surface area (Å²) in [7, 11) is 0. The van der Waals surface area contributed by atoms with Gasteiger partial charge in [0.05, 0.1) is 5.41 Å². The first kappa shape index (κ1) is 13.0. The Labute approximate surface area is 106 Å². The normalized spacial score (nSPS) is 19.7. The maximum absolute atomic E-state index is 13.5. The average Bonchev–Trinajstić information content (AvgIpc) is 2.35. The van der Waals surface area contributed by atoms with Gasteiger partial charge in [-0.1, -0.05) is 18.2 Å². The molecule has 1 aliphatic rings. The van der Waals surface area contributed by atoms with Gasteiger partial charge in [-0.05, 0) is 38.9 Å². The molecule has 0 saturated carbocycles. The van der Waals surface area contributed by atoms with Crippen LogP contribution in [0.3, 0.4) is 0 Å². The summed E-state index contributed by atoms with van der Waals surface area (Å²) in [5, 5.41) is 9.14. The minimum atomic E-state index is -0.729. The van der Waals surface area contributed by atoms with Crippen LogP contribution in [0.15, 0.2) is 24.3 Å². The molecule has 0 aliphatic carbocycles. The Bertz CT molecular complexity index is 439. The van der Waals surface area contributed by atoms with Crippen molar-refractivity contribution in [2.45, 2.75) is 26.3 Å². The molecule has 1 aliphatic heterocycles. The second kappa shape index (κ2) is 5.06. The molecule has 0 atom stereocenters. The molecule has 18 heavy (non-hydrogen) atoms. The summed E-state index contributed by atoms with van der Waals surface area (Å²) in [6, 6.07) is 6.74. The summed E-state index contributed by atoms with van der Waals surface area (Å²) >= 11 is 0. The molecule has 3 nitrogen and oxygen atoms in total. The molecule has 98 valence electrons. The van der Waals surface area contributed by atoms with Crippen LogP contribution < -0.4 is 0 Å². The van der Waals surface area contributed by atoms with Gasteiger partial charge in [0.1, 0.15) is 5.82 Å². The summed E-state index contributed by atoms with van der Waals surface area (Å²) in [6.07, 6.45) is 1.24. The van der Waals surface area contributed by atoms with Gasteiger partial charge in [-0.25, -0.2) is 4.39 Å². The Kier molecular flexibility index (Phi) is 3.66. The lowest BCUT2D eigenvalue weighted by atomic mass is 9.80. The number of benzene rings is 1. The van der Waals surface area contributed by atoms with Crippen molar-refractivity contribution < 1.29 is 14.3 Å². The molecule has 1 fully saturated rings. The molecule has 0 spiro atoms. The van der Waals surface area contributed by atoms with Crippen LogP contribution in [0, 0.1) is 11.2 Å². The van der Waals surface area contributed by atoms with Crippen molar-refractivity contribution in [2.75, 3.05) is 13.1 Å². The lowest BCUT2D eigenvalue weighted by Crippen LogP contribution is -2.42. The van der Waals surface area contributed by atoms with E-state index in [2.05, 4.69) is 4.90 Å². The highest BCUT2D eigenvalue weighted by Crippen LogP contribution is 2.31. The maximum atomic E-state index is 13.5. The first-order valence-corrected chi connectivity index (χ1v) is 6.20. The number of carboxylic acids is 1. The summed E-state index contributed by atoms with van der Waals surface area (Å²) < 4.78 is 13.5. The summed E-state index contributed by atoms with van der Waals surface area (Å²) in [5.41, 5.74) is 0.0579. The third-order valence-electron chi connectivity index (χ3n) is 3.83. The number of halogens is 1. The Morgan fingerprint density at radius 2 is 2.00 bits per heavy atom. The molecule has 4 heteroatoms. The van der Waals surface area contributed by atoms with E-state index >= 15 is 0 Å². The Balaban J connectivity index is 1.95. The van der Waals surface area contributed by atoms with Crippen molar-refractivity contribution in [1.29, 1.82) is 0 Å². The van der Waals surface area contributed by atoms with Gasteiger partial charge in [-0.15, -0.1) is 0 Å². The zero-order valence-corrected chi connectivity index (χ0v) is 10.5. The number of hydrogen-bond donors (Lipinski definition) is 1. The molecular formula is C14H18FNO2. The van der Waals surface area contributed by atoms with E-state index in [0.717, 1.165) is 0 Å². The zero-order valence-electron chi connectivity index (χ0n) is 10.5. The predicted molar refractivity (Wildman–Crippen MR) is 66.7 cm³/mol. The molecule has 1 N–H and O–H groups in total. The van der Waals surface area contributed by atoms with E-state index < -0.39 is 11.4 Å². The number of likely N-dealkylation sites (tertiary alicyclic amines) is 1. The fourth-order valence-corrected chi connectivity index (χ4v) is 2.29. The van der Waals surface area contributed by atoms with Gasteiger partial charge in [-0.2, -0.15) is 0 Å². The molecule has 1 saturated heterocycles. The number of rotatable bonds is 3. The topological polar surface area (TPSA) is 40.5 Å². The Morgan fingerprint density at radius 1 is 1.39 bits per heavy atom. The Hall–Kier alpha value is -1.42. The second-order valence-electron chi connectivity index (χ2n) is 5.23. The fourth-order valence-electron chi connectivity index (χ4n) is 2.29. The molecular weight excluding hydrogens is 233 g/mol. The molecule has 0 amide bonds. The van der Waals surface area contributed by atoms with Crippen molar-refractivity contribution in [1.82, 2.24) is 4.90 Å². The van der Waals surface area contributed by atoms with Crippen LogP contribution in [-0.4, -0.2) is 29.1 Å². The summed E-state index contributed by atoms with van der Waals surface area (Å²) in [6.45, 7) is 3.76. The first-order chi connectivity index (χ1) is 8.51. The van der Waals surface area contributed by atoms with Crippen molar-refractivity contribution in [2.24, 2.45) is 5.41 Å². The van der Waals surface area contributed by atoms with Crippen LogP contribution in [0.5, 0.6) is 0 Å².